The van der Waals surface area contributed by atoms with Crippen LogP contribution in [-0.2, 0) is 33.6 Å². The van der Waals surface area contributed by atoms with E-state index in [1.54, 1.807) is 0 Å². The van der Waals surface area contributed by atoms with Gasteiger partial charge in [0.2, 0.25) is 35.4 Å². The molecule has 0 bridgehead atoms. The molecule has 0 aliphatic carbocycles. The lowest BCUT2D eigenvalue weighted by molar-refractivity contribution is -0.137. The van der Waals surface area contributed by atoms with Crippen molar-refractivity contribution >= 4 is 41.4 Å². The summed E-state index contributed by atoms with van der Waals surface area (Å²) in [5.74, 6) is -4.30. The lowest BCUT2D eigenvalue weighted by atomic mass is 10.1. The molecular weight excluding hydrogens is 540 g/mol. The number of hydrogen-bond donors (Lipinski definition) is 8. The van der Waals surface area contributed by atoms with Crippen LogP contribution in [0.2, 0.25) is 0 Å². The summed E-state index contributed by atoms with van der Waals surface area (Å²) in [4.78, 5) is 81.6. The van der Waals surface area contributed by atoms with Crippen LogP contribution >= 0.6 is 0 Å². The van der Waals surface area contributed by atoms with E-state index in [0.29, 0.717) is 19.4 Å². The molecule has 15 heteroatoms. The lowest BCUT2D eigenvalue weighted by Gasteiger charge is -2.16. The molecule has 0 saturated carbocycles. The van der Waals surface area contributed by atoms with Gasteiger partial charge in [-0.1, -0.05) is 39.0 Å². The van der Waals surface area contributed by atoms with E-state index in [9.17, 15) is 38.7 Å². The number of carbonyl (C=O) groups excluding carboxylic acids is 6. The van der Waals surface area contributed by atoms with Gasteiger partial charge in [0, 0.05) is 25.9 Å². The minimum atomic E-state index is -1.38. The van der Waals surface area contributed by atoms with Crippen molar-refractivity contribution < 1.29 is 43.8 Å². The van der Waals surface area contributed by atoms with E-state index < -0.39 is 55.3 Å². The molecule has 1 unspecified atom stereocenters. The highest BCUT2D eigenvalue weighted by molar-refractivity contribution is 5.92. The number of aliphatic hydroxyl groups excluding tert-OH is 1. The lowest BCUT2D eigenvalue weighted by Crippen LogP contribution is -2.53. The van der Waals surface area contributed by atoms with Crippen molar-refractivity contribution in [2.24, 2.45) is 0 Å². The second kappa shape index (κ2) is 24.1. The van der Waals surface area contributed by atoms with E-state index in [0.717, 1.165) is 32.1 Å². The fourth-order valence-corrected chi connectivity index (χ4v) is 3.40. The summed E-state index contributed by atoms with van der Waals surface area (Å²) in [6, 6.07) is -1.38. The van der Waals surface area contributed by atoms with Gasteiger partial charge in [-0.05, 0) is 19.3 Å². The Labute approximate surface area is 240 Å². The number of hydrogen-bond acceptors (Lipinski definition) is 8. The van der Waals surface area contributed by atoms with Crippen LogP contribution in [0.15, 0.2) is 0 Å². The molecule has 234 valence electrons. The Morgan fingerprint density at radius 3 is 1.71 bits per heavy atom. The zero-order chi connectivity index (χ0) is 30.9. The summed E-state index contributed by atoms with van der Waals surface area (Å²) in [5, 5.41) is 32.1. The van der Waals surface area contributed by atoms with Gasteiger partial charge >= 0.3 is 5.97 Å². The Balaban J connectivity index is 3.95. The molecule has 0 aliphatic rings. The van der Waals surface area contributed by atoms with E-state index in [4.69, 9.17) is 5.11 Å². The first-order valence-electron chi connectivity index (χ1n) is 14.1. The molecule has 6 amide bonds. The molecule has 0 rings (SSSR count). The molecule has 0 aromatic heterocycles. The van der Waals surface area contributed by atoms with Crippen molar-refractivity contribution in [1.82, 2.24) is 31.9 Å². The van der Waals surface area contributed by atoms with Crippen molar-refractivity contribution in [3.63, 3.8) is 0 Å². The third kappa shape index (κ3) is 22.7. The molecule has 0 spiro atoms. The molecule has 41 heavy (non-hydrogen) atoms. The van der Waals surface area contributed by atoms with Gasteiger partial charge < -0.3 is 42.1 Å². The second-order valence-corrected chi connectivity index (χ2v) is 9.39. The van der Waals surface area contributed by atoms with Crippen LogP contribution in [0.3, 0.4) is 0 Å². The largest absolute Gasteiger partial charge is 0.481 e. The quantitative estimate of drug-likeness (QED) is 0.0610. The van der Waals surface area contributed by atoms with Crippen LogP contribution in [-0.4, -0.2) is 97.0 Å². The molecule has 1 atom stereocenters. The first-order valence-corrected chi connectivity index (χ1v) is 14.1. The van der Waals surface area contributed by atoms with Gasteiger partial charge in [0.05, 0.1) is 32.7 Å². The predicted octanol–water partition coefficient (Wildman–Crippen LogP) is -1.56. The summed E-state index contributed by atoms with van der Waals surface area (Å²) in [6.45, 7) is 0.461. The van der Waals surface area contributed by atoms with Crippen LogP contribution in [0, 0.1) is 0 Å². The minimum Gasteiger partial charge on any atom is -0.481 e. The SMILES string of the molecule is CCCCCCCC(=O)NCCCCCC(=O)NCC(=O)NCC(=O)NC(CO)C(=O)NCC(=O)NCCC(=O)O. The molecule has 8 N–H and O–H groups in total. The fourth-order valence-electron chi connectivity index (χ4n) is 3.40. The number of amides is 6. The van der Waals surface area contributed by atoms with Crippen LogP contribution in [0.25, 0.3) is 0 Å². The van der Waals surface area contributed by atoms with Gasteiger partial charge in [-0.2, -0.15) is 0 Å². The number of aliphatic hydroxyl groups is 1. The molecule has 15 nitrogen and oxygen atoms in total. The molecule has 0 aromatic carbocycles. The van der Waals surface area contributed by atoms with Crippen molar-refractivity contribution in [3.05, 3.63) is 0 Å². The molecule has 0 aliphatic heterocycles. The molecule has 0 saturated heterocycles. The maximum absolute atomic E-state index is 12.0. The third-order valence-corrected chi connectivity index (χ3v) is 5.72. The van der Waals surface area contributed by atoms with Gasteiger partial charge in [0.25, 0.3) is 0 Å². The summed E-state index contributed by atoms with van der Waals surface area (Å²) >= 11 is 0. The summed E-state index contributed by atoms with van der Waals surface area (Å²) in [7, 11) is 0. The number of carboxylic acid groups (broad SMARTS) is 1. The van der Waals surface area contributed by atoms with Crippen molar-refractivity contribution in [3.8, 4) is 0 Å². The van der Waals surface area contributed by atoms with Crippen molar-refractivity contribution in [1.29, 1.82) is 0 Å². The van der Waals surface area contributed by atoms with E-state index in [-0.39, 0.29) is 37.7 Å². The standard InChI is InChI=1S/C26H46N6O9/c1-2-3-4-5-7-10-20(34)27-13-9-6-8-11-21(35)29-15-23(37)30-17-24(38)32-19(18-33)26(41)31-16-22(36)28-14-12-25(39)40/h19,33H,2-18H2,1H3,(H,27,34)(H,28,36)(H,29,35)(H,30,37)(H,31,41)(H,32,38)(H,39,40). The summed E-state index contributed by atoms with van der Waals surface area (Å²) in [6.07, 6.45) is 8.01. The number of aliphatic carboxylic acids is 1. The Kier molecular flexibility index (Phi) is 21.9. The minimum absolute atomic E-state index is 0.0462. The van der Waals surface area contributed by atoms with Crippen LogP contribution in [0.4, 0.5) is 0 Å². The number of nitrogens with one attached hydrogen (secondary N) is 6. The predicted molar refractivity (Wildman–Crippen MR) is 148 cm³/mol. The summed E-state index contributed by atoms with van der Waals surface area (Å²) in [5.41, 5.74) is 0. The average molecular weight is 587 g/mol. The Morgan fingerprint density at radius 2 is 1.07 bits per heavy atom. The van der Waals surface area contributed by atoms with E-state index in [1.165, 1.54) is 12.8 Å². The highest BCUT2D eigenvalue weighted by Gasteiger charge is 2.20. The topological polar surface area (TPSA) is 232 Å². The number of carbonyl (C=O) groups is 7. The molecular formula is C26H46N6O9. The maximum atomic E-state index is 12.0. The summed E-state index contributed by atoms with van der Waals surface area (Å²) < 4.78 is 0. The van der Waals surface area contributed by atoms with Crippen molar-refractivity contribution in [2.45, 2.75) is 83.6 Å². The van der Waals surface area contributed by atoms with Crippen LogP contribution in [0.5, 0.6) is 0 Å². The molecule has 0 radical (unpaired) electrons. The van der Waals surface area contributed by atoms with Gasteiger partial charge in [-0.25, -0.2) is 0 Å². The zero-order valence-electron chi connectivity index (χ0n) is 23.9. The Morgan fingerprint density at radius 1 is 0.561 bits per heavy atom. The van der Waals surface area contributed by atoms with Gasteiger partial charge in [0.1, 0.15) is 6.04 Å². The van der Waals surface area contributed by atoms with Crippen molar-refractivity contribution in [2.75, 3.05) is 39.3 Å². The fraction of sp³-hybridized carbons (Fsp3) is 0.731. The zero-order valence-corrected chi connectivity index (χ0v) is 23.9. The van der Waals surface area contributed by atoms with E-state index in [1.807, 2.05) is 0 Å². The number of unbranched alkanes of at least 4 members (excludes halogenated alkanes) is 6. The van der Waals surface area contributed by atoms with Gasteiger partial charge in [-0.3, -0.25) is 33.6 Å². The van der Waals surface area contributed by atoms with Crippen LogP contribution in [0.1, 0.15) is 77.6 Å². The second-order valence-electron chi connectivity index (χ2n) is 9.39. The van der Waals surface area contributed by atoms with Gasteiger partial charge in [-0.15, -0.1) is 0 Å². The van der Waals surface area contributed by atoms with E-state index >= 15 is 0 Å². The third-order valence-electron chi connectivity index (χ3n) is 5.72. The number of rotatable bonds is 24. The normalized spacial score (nSPS) is 11.1. The number of carboxylic acids is 1. The molecule has 0 fully saturated rings. The Bertz CT molecular complexity index is 853. The van der Waals surface area contributed by atoms with Gasteiger partial charge in [0.15, 0.2) is 0 Å². The maximum Gasteiger partial charge on any atom is 0.305 e. The molecule has 0 aromatic rings. The first kappa shape index (κ1) is 37.2. The van der Waals surface area contributed by atoms with Crippen LogP contribution < -0.4 is 31.9 Å². The molecule has 0 heterocycles. The van der Waals surface area contributed by atoms with E-state index in [2.05, 4.69) is 38.8 Å². The Hall–Kier alpha value is -3.75. The average Bonchev–Trinajstić information content (AvgIpc) is 2.93. The monoisotopic (exact) mass is 586 g/mol. The first-order chi connectivity index (χ1) is 19.6. The highest BCUT2D eigenvalue weighted by atomic mass is 16.4. The highest BCUT2D eigenvalue weighted by Crippen LogP contribution is 2.05. The smallest absolute Gasteiger partial charge is 0.305 e.